The van der Waals surface area contributed by atoms with Gasteiger partial charge in [-0.05, 0) is 18.8 Å². The second-order valence-electron chi connectivity index (χ2n) is 3.72. The lowest BCUT2D eigenvalue weighted by molar-refractivity contribution is 0.0487. The molecule has 1 aliphatic carbocycles. The molecule has 1 aromatic rings. The number of hydrogen-bond acceptors (Lipinski definition) is 5. The van der Waals surface area contributed by atoms with Gasteiger partial charge in [0.2, 0.25) is 0 Å². The third kappa shape index (κ3) is 2.45. The molecule has 0 radical (unpaired) electrons. The van der Waals surface area contributed by atoms with Crippen LogP contribution >= 0.6 is 11.3 Å². The van der Waals surface area contributed by atoms with Crippen LogP contribution in [-0.2, 0) is 0 Å². The average molecular weight is 228 g/mol. The van der Waals surface area contributed by atoms with Gasteiger partial charge in [0, 0.05) is 11.9 Å². The summed E-state index contributed by atoms with van der Waals surface area (Å²) in [5, 5.41) is 22.9. The van der Waals surface area contributed by atoms with E-state index in [1.165, 1.54) is 16.7 Å². The molecular weight excluding hydrogens is 216 g/mol. The number of aliphatic hydroxyl groups excluding tert-OH is 1. The molecule has 82 valence electrons. The quantitative estimate of drug-likeness (QED) is 0.716. The number of carboxylic acid groups (broad SMARTS) is 1. The monoisotopic (exact) mass is 228 g/mol. The topological polar surface area (TPSA) is 82.5 Å². The van der Waals surface area contributed by atoms with Crippen LogP contribution in [0.25, 0.3) is 0 Å². The highest BCUT2D eigenvalue weighted by molar-refractivity contribution is 7.13. The zero-order valence-electron chi connectivity index (χ0n) is 8.01. The predicted octanol–water partition coefficient (Wildman–Crippen LogP) is 1.02. The summed E-state index contributed by atoms with van der Waals surface area (Å²) >= 11 is 1.29. The van der Waals surface area contributed by atoms with E-state index >= 15 is 0 Å². The molecule has 1 aliphatic rings. The summed E-state index contributed by atoms with van der Waals surface area (Å²) in [6.07, 6.45) is 1.50. The van der Waals surface area contributed by atoms with Crippen LogP contribution in [0.2, 0.25) is 0 Å². The summed E-state index contributed by atoms with van der Waals surface area (Å²) < 4.78 is 0. The first-order valence-corrected chi connectivity index (χ1v) is 5.64. The maximum Gasteiger partial charge on any atom is 0.355 e. The SMILES string of the molecule is O=C(O)c1csc(NCC2CC(O)C2)n1. The van der Waals surface area contributed by atoms with Gasteiger partial charge in [-0.15, -0.1) is 11.3 Å². The molecular formula is C9H12N2O3S. The first kappa shape index (κ1) is 10.4. The fourth-order valence-corrected chi connectivity index (χ4v) is 2.25. The maximum atomic E-state index is 10.5. The van der Waals surface area contributed by atoms with Crippen molar-refractivity contribution in [3.8, 4) is 0 Å². The van der Waals surface area contributed by atoms with Crippen LogP contribution in [0.15, 0.2) is 5.38 Å². The van der Waals surface area contributed by atoms with E-state index < -0.39 is 5.97 Å². The molecule has 3 N–H and O–H groups in total. The van der Waals surface area contributed by atoms with Crippen molar-refractivity contribution in [2.75, 3.05) is 11.9 Å². The third-order valence-electron chi connectivity index (χ3n) is 2.48. The molecule has 0 amide bonds. The van der Waals surface area contributed by atoms with Gasteiger partial charge in [-0.25, -0.2) is 9.78 Å². The molecule has 0 spiro atoms. The Balaban J connectivity index is 1.81. The van der Waals surface area contributed by atoms with Gasteiger partial charge in [0.15, 0.2) is 10.8 Å². The van der Waals surface area contributed by atoms with Crippen LogP contribution in [-0.4, -0.2) is 33.8 Å². The zero-order valence-corrected chi connectivity index (χ0v) is 8.83. The minimum atomic E-state index is -1.00. The molecule has 1 heterocycles. The van der Waals surface area contributed by atoms with Crippen molar-refractivity contribution in [1.29, 1.82) is 0 Å². The van der Waals surface area contributed by atoms with E-state index in [9.17, 15) is 4.79 Å². The number of anilines is 1. The first-order chi connectivity index (χ1) is 7.15. The molecule has 0 aromatic carbocycles. The number of aromatic nitrogens is 1. The van der Waals surface area contributed by atoms with E-state index in [0.29, 0.717) is 11.0 Å². The molecule has 1 saturated carbocycles. The highest BCUT2D eigenvalue weighted by Crippen LogP contribution is 2.27. The summed E-state index contributed by atoms with van der Waals surface area (Å²) in [6, 6.07) is 0. The lowest BCUT2D eigenvalue weighted by Crippen LogP contribution is -2.33. The Morgan fingerprint density at radius 2 is 2.40 bits per heavy atom. The Bertz CT molecular complexity index is 360. The molecule has 0 unspecified atom stereocenters. The number of carboxylic acids is 1. The minimum absolute atomic E-state index is 0.0798. The Kier molecular flexibility index (Phi) is 2.88. The molecule has 15 heavy (non-hydrogen) atoms. The smallest absolute Gasteiger partial charge is 0.355 e. The highest BCUT2D eigenvalue weighted by Gasteiger charge is 2.26. The Hall–Kier alpha value is -1.14. The van der Waals surface area contributed by atoms with E-state index in [4.69, 9.17) is 10.2 Å². The van der Waals surface area contributed by atoms with Crippen molar-refractivity contribution < 1.29 is 15.0 Å². The second-order valence-corrected chi connectivity index (χ2v) is 4.57. The maximum absolute atomic E-state index is 10.5. The average Bonchev–Trinajstić information content (AvgIpc) is 2.59. The lowest BCUT2D eigenvalue weighted by atomic mass is 9.82. The van der Waals surface area contributed by atoms with Gasteiger partial charge in [-0.3, -0.25) is 0 Å². The van der Waals surface area contributed by atoms with Crippen LogP contribution in [0.3, 0.4) is 0 Å². The number of aromatic carboxylic acids is 1. The van der Waals surface area contributed by atoms with Gasteiger partial charge in [0.05, 0.1) is 6.10 Å². The fraction of sp³-hybridized carbons (Fsp3) is 0.556. The van der Waals surface area contributed by atoms with Gasteiger partial charge < -0.3 is 15.5 Å². The van der Waals surface area contributed by atoms with Gasteiger partial charge in [-0.1, -0.05) is 0 Å². The van der Waals surface area contributed by atoms with Gasteiger partial charge in [0.1, 0.15) is 0 Å². The van der Waals surface area contributed by atoms with Crippen molar-refractivity contribution in [2.24, 2.45) is 5.92 Å². The Morgan fingerprint density at radius 1 is 1.67 bits per heavy atom. The summed E-state index contributed by atoms with van der Waals surface area (Å²) in [7, 11) is 0. The molecule has 0 bridgehead atoms. The number of carbonyl (C=O) groups is 1. The second kappa shape index (κ2) is 4.16. The zero-order chi connectivity index (χ0) is 10.8. The minimum Gasteiger partial charge on any atom is -0.476 e. The molecule has 5 nitrogen and oxygen atoms in total. The Labute approximate surface area is 90.8 Å². The van der Waals surface area contributed by atoms with Crippen LogP contribution in [0, 0.1) is 5.92 Å². The van der Waals surface area contributed by atoms with Crippen molar-refractivity contribution in [1.82, 2.24) is 4.98 Å². The fourth-order valence-electron chi connectivity index (χ4n) is 1.55. The van der Waals surface area contributed by atoms with E-state index in [-0.39, 0.29) is 11.8 Å². The van der Waals surface area contributed by atoms with Gasteiger partial charge >= 0.3 is 5.97 Å². The number of nitrogens with zero attached hydrogens (tertiary/aromatic N) is 1. The van der Waals surface area contributed by atoms with Crippen LogP contribution in [0.4, 0.5) is 5.13 Å². The molecule has 6 heteroatoms. The standard InChI is InChI=1S/C9H12N2O3S/c12-6-1-5(2-6)3-10-9-11-7(4-15-9)8(13)14/h4-6,12H,1-3H2,(H,10,11)(H,13,14). The van der Waals surface area contributed by atoms with Crippen LogP contribution in [0.1, 0.15) is 23.3 Å². The number of hydrogen-bond donors (Lipinski definition) is 3. The van der Waals surface area contributed by atoms with E-state index in [1.807, 2.05) is 0 Å². The van der Waals surface area contributed by atoms with E-state index in [1.54, 1.807) is 0 Å². The molecule has 1 fully saturated rings. The van der Waals surface area contributed by atoms with Gasteiger partial charge in [-0.2, -0.15) is 0 Å². The van der Waals surface area contributed by atoms with E-state index in [0.717, 1.165) is 19.4 Å². The lowest BCUT2D eigenvalue weighted by Gasteiger charge is -2.31. The summed E-state index contributed by atoms with van der Waals surface area (Å²) in [5.41, 5.74) is 0.0798. The molecule has 1 aromatic heterocycles. The molecule has 0 atom stereocenters. The number of aliphatic hydroxyl groups is 1. The molecule has 0 saturated heterocycles. The molecule has 0 aliphatic heterocycles. The van der Waals surface area contributed by atoms with Crippen molar-refractivity contribution in [2.45, 2.75) is 18.9 Å². The summed E-state index contributed by atoms with van der Waals surface area (Å²) in [6.45, 7) is 0.754. The predicted molar refractivity (Wildman–Crippen MR) is 56.3 cm³/mol. The summed E-state index contributed by atoms with van der Waals surface area (Å²) in [5.74, 6) is -0.518. The number of rotatable bonds is 4. The first-order valence-electron chi connectivity index (χ1n) is 4.76. The Morgan fingerprint density at radius 3 is 2.93 bits per heavy atom. The number of nitrogens with one attached hydrogen (secondary N) is 1. The number of thiazole rings is 1. The van der Waals surface area contributed by atoms with E-state index in [2.05, 4.69) is 10.3 Å². The van der Waals surface area contributed by atoms with Crippen molar-refractivity contribution in [3.63, 3.8) is 0 Å². The van der Waals surface area contributed by atoms with Crippen LogP contribution in [0.5, 0.6) is 0 Å². The highest BCUT2D eigenvalue weighted by atomic mass is 32.1. The normalized spacial score (nSPS) is 24.6. The largest absolute Gasteiger partial charge is 0.476 e. The summed E-state index contributed by atoms with van der Waals surface area (Å²) in [4.78, 5) is 14.5. The van der Waals surface area contributed by atoms with Crippen molar-refractivity contribution >= 4 is 22.4 Å². The van der Waals surface area contributed by atoms with Crippen LogP contribution < -0.4 is 5.32 Å². The van der Waals surface area contributed by atoms with Crippen molar-refractivity contribution in [3.05, 3.63) is 11.1 Å². The third-order valence-corrected chi connectivity index (χ3v) is 3.28. The van der Waals surface area contributed by atoms with Gasteiger partial charge in [0.25, 0.3) is 0 Å². The molecule has 2 rings (SSSR count).